The van der Waals surface area contributed by atoms with Crippen LogP contribution in [-0.4, -0.2) is 28.1 Å². The summed E-state index contributed by atoms with van der Waals surface area (Å²) in [5.74, 6) is -1.20. The van der Waals surface area contributed by atoms with Crippen LogP contribution in [0, 0.1) is 5.92 Å². The molecule has 0 spiro atoms. The number of amides is 1. The van der Waals surface area contributed by atoms with Crippen LogP contribution in [0.2, 0.25) is 0 Å². The molecule has 0 fully saturated rings. The fourth-order valence-corrected chi connectivity index (χ4v) is 1.85. The summed E-state index contributed by atoms with van der Waals surface area (Å²) in [5, 5.41) is 20.8. The topological polar surface area (TPSA) is 86.6 Å². The maximum atomic E-state index is 11.8. The van der Waals surface area contributed by atoms with Crippen molar-refractivity contribution >= 4 is 11.9 Å². The molecule has 3 N–H and O–H groups in total. The van der Waals surface area contributed by atoms with Crippen molar-refractivity contribution in [1.82, 2.24) is 5.32 Å². The molecular formula is C15H21NO4. The second-order valence-corrected chi connectivity index (χ2v) is 4.94. The van der Waals surface area contributed by atoms with E-state index in [9.17, 15) is 9.59 Å². The highest BCUT2D eigenvalue weighted by Gasteiger charge is 2.24. The fourth-order valence-electron chi connectivity index (χ4n) is 1.85. The molecule has 1 aromatic carbocycles. The van der Waals surface area contributed by atoms with Crippen LogP contribution in [0.15, 0.2) is 24.3 Å². The van der Waals surface area contributed by atoms with Crippen molar-refractivity contribution in [1.29, 1.82) is 0 Å². The van der Waals surface area contributed by atoms with E-state index in [1.54, 1.807) is 31.2 Å². The van der Waals surface area contributed by atoms with E-state index >= 15 is 0 Å². The summed E-state index contributed by atoms with van der Waals surface area (Å²) in [4.78, 5) is 22.9. The molecule has 0 aliphatic heterocycles. The second-order valence-electron chi connectivity index (χ2n) is 4.94. The Morgan fingerprint density at radius 1 is 1.25 bits per heavy atom. The van der Waals surface area contributed by atoms with Gasteiger partial charge in [-0.15, -0.1) is 0 Å². The SMILES string of the molecule is CCC(C)C(NC(=O)CCc1ccc(O)cc1)C(=O)O. The number of carbonyl (C=O) groups is 2. The van der Waals surface area contributed by atoms with Crippen molar-refractivity contribution in [2.75, 3.05) is 0 Å². The van der Waals surface area contributed by atoms with Gasteiger partial charge in [-0.25, -0.2) is 4.79 Å². The van der Waals surface area contributed by atoms with Gasteiger partial charge in [-0.3, -0.25) is 4.79 Å². The number of carboxylic acid groups (broad SMARTS) is 1. The number of rotatable bonds is 7. The monoisotopic (exact) mass is 279 g/mol. The van der Waals surface area contributed by atoms with E-state index in [0.29, 0.717) is 12.8 Å². The summed E-state index contributed by atoms with van der Waals surface area (Å²) >= 11 is 0. The number of nitrogens with one attached hydrogen (secondary N) is 1. The third-order valence-electron chi connectivity index (χ3n) is 3.37. The van der Waals surface area contributed by atoms with Gasteiger partial charge in [0.2, 0.25) is 5.91 Å². The molecule has 5 nitrogen and oxygen atoms in total. The summed E-state index contributed by atoms with van der Waals surface area (Å²) in [7, 11) is 0. The molecule has 1 amide bonds. The lowest BCUT2D eigenvalue weighted by Gasteiger charge is -2.20. The minimum absolute atomic E-state index is 0.106. The van der Waals surface area contributed by atoms with Crippen molar-refractivity contribution in [3.63, 3.8) is 0 Å². The molecule has 0 aromatic heterocycles. The molecule has 0 saturated heterocycles. The number of carboxylic acids is 1. The van der Waals surface area contributed by atoms with Gasteiger partial charge in [0.1, 0.15) is 11.8 Å². The molecule has 0 saturated carbocycles. The van der Waals surface area contributed by atoms with Crippen molar-refractivity contribution in [3.8, 4) is 5.75 Å². The first-order valence-electron chi connectivity index (χ1n) is 6.74. The highest BCUT2D eigenvalue weighted by molar-refractivity contribution is 5.83. The summed E-state index contributed by atoms with van der Waals surface area (Å²) in [5.41, 5.74) is 0.924. The average molecular weight is 279 g/mol. The van der Waals surface area contributed by atoms with Crippen LogP contribution in [0.4, 0.5) is 0 Å². The van der Waals surface area contributed by atoms with Crippen molar-refractivity contribution in [2.24, 2.45) is 5.92 Å². The number of aryl methyl sites for hydroxylation is 1. The standard InChI is InChI=1S/C15H21NO4/c1-3-10(2)14(15(19)20)16-13(18)9-6-11-4-7-12(17)8-5-11/h4-5,7-8,10,14,17H,3,6,9H2,1-2H3,(H,16,18)(H,19,20). The quantitative estimate of drug-likeness (QED) is 0.712. The number of hydrogen-bond donors (Lipinski definition) is 3. The number of aliphatic carboxylic acids is 1. The minimum Gasteiger partial charge on any atom is -0.508 e. The van der Waals surface area contributed by atoms with Crippen LogP contribution in [0.3, 0.4) is 0 Å². The first-order chi connectivity index (χ1) is 9.43. The Balaban J connectivity index is 2.49. The summed E-state index contributed by atoms with van der Waals surface area (Å²) < 4.78 is 0. The molecule has 0 heterocycles. The lowest BCUT2D eigenvalue weighted by Crippen LogP contribution is -2.45. The maximum Gasteiger partial charge on any atom is 0.326 e. The molecule has 1 rings (SSSR count). The molecule has 1 aromatic rings. The Hall–Kier alpha value is -2.04. The molecule has 0 aliphatic carbocycles. The van der Waals surface area contributed by atoms with Gasteiger partial charge >= 0.3 is 5.97 Å². The van der Waals surface area contributed by atoms with E-state index in [4.69, 9.17) is 10.2 Å². The maximum absolute atomic E-state index is 11.8. The van der Waals surface area contributed by atoms with Crippen LogP contribution in [0.5, 0.6) is 5.75 Å². The molecule has 2 unspecified atom stereocenters. The Morgan fingerprint density at radius 3 is 2.35 bits per heavy atom. The Bertz CT molecular complexity index is 455. The van der Waals surface area contributed by atoms with E-state index in [2.05, 4.69) is 5.32 Å². The van der Waals surface area contributed by atoms with Gasteiger partial charge in [0, 0.05) is 6.42 Å². The highest BCUT2D eigenvalue weighted by Crippen LogP contribution is 2.12. The minimum atomic E-state index is -1.00. The van der Waals surface area contributed by atoms with E-state index in [-0.39, 0.29) is 24.0 Å². The van der Waals surface area contributed by atoms with Crippen LogP contribution < -0.4 is 5.32 Å². The van der Waals surface area contributed by atoms with E-state index < -0.39 is 12.0 Å². The zero-order chi connectivity index (χ0) is 15.1. The molecular weight excluding hydrogens is 258 g/mol. The fraction of sp³-hybridized carbons (Fsp3) is 0.467. The van der Waals surface area contributed by atoms with Gasteiger partial charge in [-0.2, -0.15) is 0 Å². The smallest absolute Gasteiger partial charge is 0.326 e. The third kappa shape index (κ3) is 4.91. The first kappa shape index (κ1) is 16.0. The molecule has 0 aliphatic rings. The summed E-state index contributed by atoms with van der Waals surface area (Å²) in [6.07, 6.45) is 1.43. The number of carbonyl (C=O) groups excluding carboxylic acids is 1. The van der Waals surface area contributed by atoms with Gasteiger partial charge < -0.3 is 15.5 Å². The van der Waals surface area contributed by atoms with Crippen molar-refractivity contribution in [3.05, 3.63) is 29.8 Å². The number of benzene rings is 1. The zero-order valence-electron chi connectivity index (χ0n) is 11.8. The number of aromatic hydroxyl groups is 1. The lowest BCUT2D eigenvalue weighted by molar-refractivity contribution is -0.143. The van der Waals surface area contributed by atoms with Crippen molar-refractivity contribution in [2.45, 2.75) is 39.2 Å². The molecule has 5 heteroatoms. The van der Waals surface area contributed by atoms with Gasteiger partial charge in [-0.05, 0) is 30.0 Å². The highest BCUT2D eigenvalue weighted by atomic mass is 16.4. The largest absolute Gasteiger partial charge is 0.508 e. The van der Waals surface area contributed by atoms with Crippen LogP contribution in [0.1, 0.15) is 32.3 Å². The predicted octanol–water partition coefficient (Wildman–Crippen LogP) is 1.94. The first-order valence-corrected chi connectivity index (χ1v) is 6.74. The Labute approximate surface area is 118 Å². The van der Waals surface area contributed by atoms with Crippen LogP contribution in [-0.2, 0) is 16.0 Å². The van der Waals surface area contributed by atoms with E-state index in [1.807, 2.05) is 6.92 Å². The molecule has 2 atom stereocenters. The number of phenolic OH excluding ortho intramolecular Hbond substituents is 1. The zero-order valence-corrected chi connectivity index (χ0v) is 11.8. The molecule has 0 bridgehead atoms. The lowest BCUT2D eigenvalue weighted by atomic mass is 9.99. The van der Waals surface area contributed by atoms with E-state index in [0.717, 1.165) is 5.56 Å². The Morgan fingerprint density at radius 2 is 1.85 bits per heavy atom. The van der Waals surface area contributed by atoms with Crippen LogP contribution in [0.25, 0.3) is 0 Å². The molecule has 110 valence electrons. The van der Waals surface area contributed by atoms with E-state index in [1.165, 1.54) is 0 Å². The summed E-state index contributed by atoms with van der Waals surface area (Å²) in [6.45, 7) is 3.70. The van der Waals surface area contributed by atoms with Gasteiger partial charge in [-0.1, -0.05) is 32.4 Å². The Kier molecular flexibility index (Phi) is 6.03. The van der Waals surface area contributed by atoms with Crippen molar-refractivity contribution < 1.29 is 19.8 Å². The predicted molar refractivity (Wildman–Crippen MR) is 75.4 cm³/mol. The third-order valence-corrected chi connectivity index (χ3v) is 3.37. The van der Waals surface area contributed by atoms with Crippen LogP contribution >= 0.6 is 0 Å². The molecule has 0 radical (unpaired) electrons. The number of phenols is 1. The van der Waals surface area contributed by atoms with Gasteiger partial charge in [0.05, 0.1) is 0 Å². The van der Waals surface area contributed by atoms with Gasteiger partial charge in [0.25, 0.3) is 0 Å². The second kappa shape index (κ2) is 7.53. The van der Waals surface area contributed by atoms with Gasteiger partial charge in [0.15, 0.2) is 0 Å². The normalized spacial score (nSPS) is 13.5. The summed E-state index contributed by atoms with van der Waals surface area (Å²) in [6, 6.07) is 5.77. The number of hydrogen-bond acceptors (Lipinski definition) is 3. The molecule has 20 heavy (non-hydrogen) atoms. The average Bonchev–Trinajstić information content (AvgIpc) is 2.43.